The van der Waals surface area contributed by atoms with Crippen LogP contribution >= 0.6 is 0 Å². The Bertz CT molecular complexity index is 480. The van der Waals surface area contributed by atoms with Gasteiger partial charge in [0.1, 0.15) is 0 Å². The van der Waals surface area contributed by atoms with Crippen LogP contribution in [0, 0.1) is 24.7 Å². The molecule has 0 atom stereocenters. The van der Waals surface area contributed by atoms with E-state index in [2.05, 4.69) is 10.3 Å². The van der Waals surface area contributed by atoms with Gasteiger partial charge < -0.3 is 11.1 Å². The van der Waals surface area contributed by atoms with Gasteiger partial charge in [-0.25, -0.2) is 0 Å². The number of pyridine rings is 1. The molecule has 1 aromatic heterocycles. The fraction of sp³-hybridized carbons (Fsp3) is 0.600. The second kappa shape index (κ2) is 4.83. The van der Waals surface area contributed by atoms with Crippen molar-refractivity contribution in [3.8, 4) is 0 Å². The molecular weight excluding hydrogens is 238 g/mol. The molecule has 2 saturated carbocycles. The minimum atomic E-state index is -0.0383. The molecule has 2 aliphatic rings. The third kappa shape index (κ3) is 2.88. The molecular formula is C15H21N3O. The standard InChI is InChI=1S/C15H21N3O/c1-9-13(6-12(16)7-17-9)15(19)18-8-14(10-2-3-10)11-4-5-11/h6-7,10-11,14H,2-5,8,16H2,1H3,(H,18,19). The van der Waals surface area contributed by atoms with Gasteiger partial charge >= 0.3 is 0 Å². The molecule has 1 aromatic rings. The zero-order valence-corrected chi connectivity index (χ0v) is 11.4. The number of nitrogen functional groups attached to an aromatic ring is 1. The second-order valence-corrected chi connectivity index (χ2v) is 5.95. The number of nitrogens with one attached hydrogen (secondary N) is 1. The number of amides is 1. The number of nitrogens with zero attached hydrogens (tertiary/aromatic N) is 1. The SMILES string of the molecule is Cc1ncc(N)cc1C(=O)NCC(C1CC1)C1CC1. The molecule has 4 nitrogen and oxygen atoms in total. The third-order valence-electron chi connectivity index (χ3n) is 4.31. The highest BCUT2D eigenvalue weighted by atomic mass is 16.1. The molecule has 0 aliphatic heterocycles. The van der Waals surface area contributed by atoms with E-state index in [-0.39, 0.29) is 5.91 Å². The molecule has 0 spiro atoms. The number of rotatable bonds is 5. The predicted molar refractivity (Wildman–Crippen MR) is 74.7 cm³/mol. The molecule has 0 bridgehead atoms. The maximum absolute atomic E-state index is 12.2. The molecule has 3 N–H and O–H groups in total. The van der Waals surface area contributed by atoms with Crippen LogP contribution in [0.2, 0.25) is 0 Å². The van der Waals surface area contributed by atoms with Gasteiger partial charge in [-0.1, -0.05) is 0 Å². The van der Waals surface area contributed by atoms with Gasteiger partial charge in [0.25, 0.3) is 5.91 Å². The molecule has 0 radical (unpaired) electrons. The first-order valence-corrected chi connectivity index (χ1v) is 7.15. The van der Waals surface area contributed by atoms with Gasteiger partial charge in [-0.05, 0) is 56.4 Å². The average Bonchev–Trinajstić information content (AvgIpc) is 3.25. The van der Waals surface area contributed by atoms with Crippen molar-refractivity contribution in [2.75, 3.05) is 12.3 Å². The lowest BCUT2D eigenvalue weighted by molar-refractivity contribution is 0.0942. The molecule has 1 amide bonds. The molecule has 1 heterocycles. The summed E-state index contributed by atoms with van der Waals surface area (Å²) in [7, 11) is 0. The fourth-order valence-electron chi connectivity index (χ4n) is 2.85. The van der Waals surface area contributed by atoms with Crippen LogP contribution in [0.15, 0.2) is 12.3 Å². The molecule has 19 heavy (non-hydrogen) atoms. The van der Waals surface area contributed by atoms with Gasteiger partial charge in [0.05, 0.1) is 23.1 Å². The molecule has 2 fully saturated rings. The molecule has 4 heteroatoms. The number of carbonyl (C=O) groups is 1. The zero-order chi connectivity index (χ0) is 13.4. The van der Waals surface area contributed by atoms with E-state index in [9.17, 15) is 4.79 Å². The average molecular weight is 259 g/mol. The van der Waals surface area contributed by atoms with Crippen molar-refractivity contribution in [3.05, 3.63) is 23.5 Å². The lowest BCUT2D eigenvalue weighted by Gasteiger charge is -2.16. The van der Waals surface area contributed by atoms with E-state index >= 15 is 0 Å². The Hall–Kier alpha value is -1.58. The maximum Gasteiger partial charge on any atom is 0.253 e. The van der Waals surface area contributed by atoms with Gasteiger partial charge in [-0.15, -0.1) is 0 Å². The Morgan fingerprint density at radius 1 is 1.42 bits per heavy atom. The van der Waals surface area contributed by atoms with Gasteiger partial charge in [-0.3, -0.25) is 9.78 Å². The fourth-order valence-corrected chi connectivity index (χ4v) is 2.85. The molecule has 0 unspecified atom stereocenters. The summed E-state index contributed by atoms with van der Waals surface area (Å²) in [5, 5.41) is 3.08. The highest BCUT2D eigenvalue weighted by Crippen LogP contribution is 2.48. The zero-order valence-electron chi connectivity index (χ0n) is 11.4. The Kier molecular flexibility index (Phi) is 3.17. The van der Waals surface area contributed by atoms with Gasteiger partial charge in [0.2, 0.25) is 0 Å². The van der Waals surface area contributed by atoms with Crippen molar-refractivity contribution in [1.82, 2.24) is 10.3 Å². The summed E-state index contributed by atoms with van der Waals surface area (Å²) in [5.74, 6) is 2.36. The van der Waals surface area contributed by atoms with E-state index in [4.69, 9.17) is 5.73 Å². The highest BCUT2D eigenvalue weighted by Gasteiger charge is 2.41. The van der Waals surface area contributed by atoms with Gasteiger partial charge in [0.15, 0.2) is 0 Å². The van der Waals surface area contributed by atoms with Crippen molar-refractivity contribution in [3.63, 3.8) is 0 Å². The minimum Gasteiger partial charge on any atom is -0.397 e. The van der Waals surface area contributed by atoms with Crippen LogP contribution in [0.3, 0.4) is 0 Å². The number of aryl methyl sites for hydroxylation is 1. The number of nitrogens with two attached hydrogens (primary N) is 1. The summed E-state index contributed by atoms with van der Waals surface area (Å²) in [4.78, 5) is 16.3. The van der Waals surface area contributed by atoms with Crippen molar-refractivity contribution < 1.29 is 4.79 Å². The first-order chi connectivity index (χ1) is 9.15. The monoisotopic (exact) mass is 259 g/mol. The van der Waals surface area contributed by atoms with E-state index in [1.807, 2.05) is 6.92 Å². The molecule has 0 aromatic carbocycles. The summed E-state index contributed by atoms with van der Waals surface area (Å²) in [5.41, 5.74) is 7.57. The second-order valence-electron chi connectivity index (χ2n) is 5.95. The summed E-state index contributed by atoms with van der Waals surface area (Å²) in [6, 6.07) is 1.71. The van der Waals surface area contributed by atoms with E-state index in [0.29, 0.717) is 17.2 Å². The Balaban J connectivity index is 1.62. The molecule has 102 valence electrons. The van der Waals surface area contributed by atoms with Crippen LogP contribution in [-0.2, 0) is 0 Å². The minimum absolute atomic E-state index is 0.0383. The number of anilines is 1. The summed E-state index contributed by atoms with van der Waals surface area (Å²) >= 11 is 0. The normalized spacial score (nSPS) is 18.6. The number of carbonyl (C=O) groups excluding carboxylic acids is 1. The van der Waals surface area contributed by atoms with Crippen LogP contribution in [0.4, 0.5) is 5.69 Å². The topological polar surface area (TPSA) is 68.0 Å². The van der Waals surface area contributed by atoms with Crippen LogP contribution in [0.5, 0.6) is 0 Å². The summed E-state index contributed by atoms with van der Waals surface area (Å²) in [6.45, 7) is 2.65. The number of hydrogen-bond acceptors (Lipinski definition) is 3. The molecule has 3 rings (SSSR count). The largest absolute Gasteiger partial charge is 0.397 e. The molecule has 2 aliphatic carbocycles. The van der Waals surface area contributed by atoms with Crippen molar-refractivity contribution in [2.24, 2.45) is 17.8 Å². The first kappa shape index (κ1) is 12.5. The Morgan fingerprint density at radius 3 is 2.63 bits per heavy atom. The first-order valence-electron chi connectivity index (χ1n) is 7.15. The van der Waals surface area contributed by atoms with E-state index in [1.54, 1.807) is 12.3 Å². The smallest absolute Gasteiger partial charge is 0.253 e. The predicted octanol–water partition coefficient (Wildman–Crippen LogP) is 2.14. The van der Waals surface area contributed by atoms with Crippen molar-refractivity contribution in [2.45, 2.75) is 32.6 Å². The van der Waals surface area contributed by atoms with Crippen LogP contribution in [-0.4, -0.2) is 17.4 Å². The van der Waals surface area contributed by atoms with E-state index < -0.39 is 0 Å². The number of hydrogen-bond donors (Lipinski definition) is 2. The van der Waals surface area contributed by atoms with E-state index in [0.717, 1.165) is 24.1 Å². The lowest BCUT2D eigenvalue weighted by Crippen LogP contribution is -2.31. The maximum atomic E-state index is 12.2. The van der Waals surface area contributed by atoms with Crippen molar-refractivity contribution >= 4 is 11.6 Å². The molecule has 0 saturated heterocycles. The summed E-state index contributed by atoms with van der Waals surface area (Å²) < 4.78 is 0. The Morgan fingerprint density at radius 2 is 2.05 bits per heavy atom. The van der Waals surface area contributed by atoms with Gasteiger partial charge in [-0.2, -0.15) is 0 Å². The highest BCUT2D eigenvalue weighted by molar-refractivity contribution is 5.95. The van der Waals surface area contributed by atoms with Crippen LogP contribution in [0.25, 0.3) is 0 Å². The Labute approximate surface area is 113 Å². The van der Waals surface area contributed by atoms with Crippen LogP contribution in [0.1, 0.15) is 41.7 Å². The summed E-state index contributed by atoms with van der Waals surface area (Å²) in [6.07, 6.45) is 6.96. The number of aromatic nitrogens is 1. The van der Waals surface area contributed by atoms with Crippen LogP contribution < -0.4 is 11.1 Å². The van der Waals surface area contributed by atoms with Gasteiger partial charge in [0, 0.05) is 6.54 Å². The van der Waals surface area contributed by atoms with E-state index in [1.165, 1.54) is 25.7 Å². The quantitative estimate of drug-likeness (QED) is 0.851. The lowest BCUT2D eigenvalue weighted by atomic mass is 9.98. The third-order valence-corrected chi connectivity index (χ3v) is 4.31. The van der Waals surface area contributed by atoms with Crippen molar-refractivity contribution in [1.29, 1.82) is 0 Å².